The molecule has 0 saturated carbocycles. The second kappa shape index (κ2) is 6.36. The lowest BCUT2D eigenvalue weighted by Crippen LogP contribution is -2.27. The van der Waals surface area contributed by atoms with E-state index in [4.69, 9.17) is 0 Å². The molecule has 0 aliphatic heterocycles. The molecule has 1 N–H and O–H groups in total. The van der Waals surface area contributed by atoms with Gasteiger partial charge in [-0.1, -0.05) is 6.07 Å². The van der Waals surface area contributed by atoms with Crippen LogP contribution in [0.15, 0.2) is 47.3 Å². The van der Waals surface area contributed by atoms with Crippen LogP contribution in [0.3, 0.4) is 0 Å². The van der Waals surface area contributed by atoms with Gasteiger partial charge in [-0.25, -0.2) is 4.98 Å². The van der Waals surface area contributed by atoms with Crippen molar-refractivity contribution in [1.29, 1.82) is 0 Å². The Morgan fingerprint density at radius 2 is 2.23 bits per heavy atom. The average molecular weight is 361 g/mol. The fraction of sp³-hybridized carbons (Fsp3) is 0.250. The maximum absolute atomic E-state index is 12.2. The summed E-state index contributed by atoms with van der Waals surface area (Å²) >= 11 is 3.40. The molecule has 22 heavy (non-hydrogen) atoms. The van der Waals surface area contributed by atoms with Gasteiger partial charge in [-0.3, -0.25) is 4.79 Å². The molecule has 0 aliphatic rings. The molecule has 0 aliphatic carbocycles. The zero-order valence-electron chi connectivity index (χ0n) is 12.3. The van der Waals surface area contributed by atoms with E-state index >= 15 is 0 Å². The van der Waals surface area contributed by atoms with Gasteiger partial charge < -0.3 is 14.3 Å². The summed E-state index contributed by atoms with van der Waals surface area (Å²) in [5, 5.41) is 2.95. The summed E-state index contributed by atoms with van der Waals surface area (Å²) in [7, 11) is 0. The lowest BCUT2D eigenvalue weighted by atomic mass is 10.3. The number of hydrogen-bond acceptors (Lipinski definition) is 2. The zero-order chi connectivity index (χ0) is 15.5. The molecule has 1 amide bonds. The van der Waals surface area contributed by atoms with E-state index in [9.17, 15) is 4.79 Å². The summed E-state index contributed by atoms with van der Waals surface area (Å²) in [4.78, 5) is 16.7. The van der Waals surface area contributed by atoms with E-state index < -0.39 is 0 Å². The van der Waals surface area contributed by atoms with Crippen LogP contribution in [0.1, 0.15) is 23.1 Å². The molecule has 3 aromatic rings. The zero-order valence-corrected chi connectivity index (χ0v) is 13.9. The molecule has 0 fully saturated rings. The number of halogens is 1. The first kappa shape index (κ1) is 14.8. The van der Waals surface area contributed by atoms with Crippen molar-refractivity contribution in [3.63, 3.8) is 0 Å². The largest absolute Gasteiger partial charge is 0.350 e. The number of nitrogens with one attached hydrogen (secondary N) is 1. The third-order valence-corrected chi connectivity index (χ3v) is 3.95. The lowest BCUT2D eigenvalue weighted by molar-refractivity contribution is 0.0945. The maximum Gasteiger partial charge on any atom is 0.267 e. The van der Waals surface area contributed by atoms with Gasteiger partial charge in [0.1, 0.15) is 11.3 Å². The summed E-state index contributed by atoms with van der Waals surface area (Å²) in [6.07, 6.45) is 6.58. The molecule has 0 aromatic carbocycles. The Kier molecular flexibility index (Phi) is 4.29. The standard InChI is InChI=1S/C16H17BrN4O/c1-2-20-10-12(17)9-14(20)16(22)18-7-6-13-11-21-8-4-3-5-15(21)19-13/h3-5,8-11H,2,6-7H2,1H3,(H,18,22). The summed E-state index contributed by atoms with van der Waals surface area (Å²) in [5.74, 6) is -0.0590. The number of nitrogens with zero attached hydrogens (tertiary/aromatic N) is 3. The first-order chi connectivity index (χ1) is 10.7. The van der Waals surface area contributed by atoms with Crippen LogP contribution in [0.4, 0.5) is 0 Å². The van der Waals surface area contributed by atoms with Gasteiger partial charge in [0, 0.05) is 42.6 Å². The van der Waals surface area contributed by atoms with Gasteiger partial charge in [-0.05, 0) is 41.1 Å². The van der Waals surface area contributed by atoms with Crippen LogP contribution in [0.25, 0.3) is 5.65 Å². The number of rotatable bonds is 5. The summed E-state index contributed by atoms with van der Waals surface area (Å²) < 4.78 is 4.82. The number of fused-ring (bicyclic) bond motifs is 1. The summed E-state index contributed by atoms with van der Waals surface area (Å²) in [5.41, 5.74) is 2.57. The highest BCUT2D eigenvalue weighted by Crippen LogP contribution is 2.14. The Morgan fingerprint density at radius 3 is 3.00 bits per heavy atom. The normalized spacial score (nSPS) is 11.0. The van der Waals surface area contributed by atoms with Crippen LogP contribution in [0.5, 0.6) is 0 Å². The second-order valence-corrected chi connectivity index (χ2v) is 5.95. The van der Waals surface area contributed by atoms with Crippen LogP contribution in [-0.4, -0.2) is 26.4 Å². The first-order valence-electron chi connectivity index (χ1n) is 7.24. The van der Waals surface area contributed by atoms with Gasteiger partial charge in [-0.15, -0.1) is 0 Å². The van der Waals surface area contributed by atoms with E-state index in [1.54, 1.807) is 0 Å². The SMILES string of the molecule is CCn1cc(Br)cc1C(=O)NCCc1cn2ccccc2n1. The number of imidazole rings is 1. The fourth-order valence-corrected chi connectivity index (χ4v) is 2.89. The molecule has 0 unspecified atom stereocenters. The Hall–Kier alpha value is -2.08. The van der Waals surface area contributed by atoms with Crippen LogP contribution >= 0.6 is 15.9 Å². The molecule has 0 saturated heterocycles. The highest BCUT2D eigenvalue weighted by molar-refractivity contribution is 9.10. The number of carbonyl (C=O) groups is 1. The second-order valence-electron chi connectivity index (χ2n) is 5.03. The molecule has 114 valence electrons. The van der Waals surface area contributed by atoms with Crippen molar-refractivity contribution in [1.82, 2.24) is 19.3 Å². The van der Waals surface area contributed by atoms with Crippen molar-refractivity contribution < 1.29 is 4.79 Å². The number of carbonyl (C=O) groups excluding carboxylic acids is 1. The minimum atomic E-state index is -0.0590. The Bertz CT molecular complexity index is 772. The summed E-state index contributed by atoms with van der Waals surface area (Å²) in [6, 6.07) is 7.74. The molecule has 3 rings (SSSR count). The van der Waals surface area contributed by atoms with E-state index in [1.165, 1.54) is 0 Å². The molecule has 0 radical (unpaired) electrons. The third kappa shape index (κ3) is 3.06. The van der Waals surface area contributed by atoms with Crippen LogP contribution in [-0.2, 0) is 13.0 Å². The van der Waals surface area contributed by atoms with Gasteiger partial charge in [0.25, 0.3) is 5.91 Å². The van der Waals surface area contributed by atoms with Gasteiger partial charge in [-0.2, -0.15) is 0 Å². The van der Waals surface area contributed by atoms with Crippen LogP contribution in [0, 0.1) is 0 Å². The van der Waals surface area contributed by atoms with Crippen LogP contribution in [0.2, 0.25) is 0 Å². The third-order valence-electron chi connectivity index (χ3n) is 3.52. The Balaban J connectivity index is 1.61. The molecule has 5 nitrogen and oxygen atoms in total. The highest BCUT2D eigenvalue weighted by Gasteiger charge is 2.12. The van der Waals surface area contributed by atoms with Crippen molar-refractivity contribution in [2.24, 2.45) is 0 Å². The predicted octanol–water partition coefficient (Wildman–Crippen LogP) is 2.89. The van der Waals surface area contributed by atoms with Crippen molar-refractivity contribution in [3.05, 3.63) is 58.7 Å². The molecule has 0 bridgehead atoms. The van der Waals surface area contributed by atoms with Crippen molar-refractivity contribution in [2.75, 3.05) is 6.54 Å². The van der Waals surface area contributed by atoms with Gasteiger partial charge in [0.2, 0.25) is 0 Å². The van der Waals surface area contributed by atoms with Crippen LogP contribution < -0.4 is 5.32 Å². The maximum atomic E-state index is 12.2. The topological polar surface area (TPSA) is 51.3 Å². The summed E-state index contributed by atoms with van der Waals surface area (Å²) in [6.45, 7) is 3.34. The highest BCUT2D eigenvalue weighted by atomic mass is 79.9. The van der Waals surface area contributed by atoms with Gasteiger partial charge >= 0.3 is 0 Å². The van der Waals surface area contributed by atoms with Gasteiger partial charge in [0.05, 0.1) is 5.69 Å². The van der Waals surface area contributed by atoms with E-state index in [0.29, 0.717) is 18.7 Å². The quantitative estimate of drug-likeness (QED) is 0.760. The number of amides is 1. The molecule has 6 heteroatoms. The van der Waals surface area contributed by atoms with Crippen molar-refractivity contribution in [3.8, 4) is 0 Å². The van der Waals surface area contributed by atoms with E-state index in [0.717, 1.165) is 22.4 Å². The van der Waals surface area contributed by atoms with E-state index in [1.807, 2.05) is 58.7 Å². The first-order valence-corrected chi connectivity index (χ1v) is 8.03. The Labute approximate surface area is 137 Å². The Morgan fingerprint density at radius 1 is 1.36 bits per heavy atom. The van der Waals surface area contributed by atoms with E-state index in [-0.39, 0.29) is 5.91 Å². The van der Waals surface area contributed by atoms with Crippen molar-refractivity contribution >= 4 is 27.5 Å². The fourth-order valence-electron chi connectivity index (χ4n) is 2.43. The molecule has 3 heterocycles. The monoisotopic (exact) mass is 360 g/mol. The molecule has 3 aromatic heterocycles. The number of hydrogen-bond donors (Lipinski definition) is 1. The number of aromatic nitrogens is 3. The smallest absolute Gasteiger partial charge is 0.267 e. The molecule has 0 spiro atoms. The molecular weight excluding hydrogens is 344 g/mol. The molecular formula is C16H17BrN4O. The molecule has 0 atom stereocenters. The minimum Gasteiger partial charge on any atom is -0.350 e. The lowest BCUT2D eigenvalue weighted by Gasteiger charge is -2.06. The number of pyridine rings is 1. The van der Waals surface area contributed by atoms with Gasteiger partial charge in [0.15, 0.2) is 0 Å². The van der Waals surface area contributed by atoms with E-state index in [2.05, 4.69) is 26.2 Å². The number of aryl methyl sites for hydroxylation is 1. The minimum absolute atomic E-state index is 0.0590. The average Bonchev–Trinajstić information content (AvgIpc) is 3.09. The van der Waals surface area contributed by atoms with Crippen molar-refractivity contribution in [2.45, 2.75) is 19.9 Å². The predicted molar refractivity (Wildman–Crippen MR) is 89.0 cm³/mol.